The molecule has 1 fully saturated rings. The first kappa shape index (κ1) is 9.21. The zero-order valence-corrected chi connectivity index (χ0v) is 8.45. The van der Waals surface area contributed by atoms with Crippen molar-refractivity contribution in [2.24, 2.45) is 5.73 Å². The van der Waals surface area contributed by atoms with Crippen molar-refractivity contribution in [2.45, 2.75) is 0 Å². The average Bonchev–Trinajstić information content (AvgIpc) is 2.20. The summed E-state index contributed by atoms with van der Waals surface area (Å²) in [4.78, 5) is 4.63. The van der Waals surface area contributed by atoms with Gasteiger partial charge in [0.2, 0.25) is 0 Å². The van der Waals surface area contributed by atoms with Crippen LogP contribution in [0.3, 0.4) is 0 Å². The largest absolute Gasteiger partial charge is 0.396 e. The standard InChI is InChI=1S/C9H17N5/c1-13-2-4-14(5-3-13)9-7-12-11-6-8(9)10/h6-7,11-12H,2-5,10H2,1H3. The van der Waals surface area contributed by atoms with Crippen LogP contribution in [0.5, 0.6) is 0 Å². The van der Waals surface area contributed by atoms with Crippen molar-refractivity contribution < 1.29 is 0 Å². The molecule has 0 saturated carbocycles. The Morgan fingerprint density at radius 3 is 2.43 bits per heavy atom. The molecule has 0 aliphatic carbocycles. The summed E-state index contributed by atoms with van der Waals surface area (Å²) in [5.74, 6) is 0. The molecule has 0 bridgehead atoms. The fourth-order valence-electron chi connectivity index (χ4n) is 1.71. The van der Waals surface area contributed by atoms with Crippen LogP contribution in [0.15, 0.2) is 23.8 Å². The number of hydrazine groups is 1. The Kier molecular flexibility index (Phi) is 2.49. The van der Waals surface area contributed by atoms with Crippen LogP contribution in [0, 0.1) is 0 Å². The van der Waals surface area contributed by atoms with E-state index in [1.165, 1.54) is 0 Å². The van der Waals surface area contributed by atoms with Gasteiger partial charge in [0, 0.05) is 38.6 Å². The van der Waals surface area contributed by atoms with E-state index in [1.807, 2.05) is 6.20 Å². The number of hydrogen-bond acceptors (Lipinski definition) is 5. The molecule has 0 unspecified atom stereocenters. The quantitative estimate of drug-likeness (QED) is 0.500. The smallest absolute Gasteiger partial charge is 0.0795 e. The lowest BCUT2D eigenvalue weighted by Gasteiger charge is -2.36. The van der Waals surface area contributed by atoms with Crippen molar-refractivity contribution in [1.29, 1.82) is 0 Å². The maximum absolute atomic E-state index is 5.88. The highest BCUT2D eigenvalue weighted by molar-refractivity contribution is 5.28. The van der Waals surface area contributed by atoms with E-state index >= 15 is 0 Å². The molecule has 2 rings (SSSR count). The minimum absolute atomic E-state index is 0.799. The van der Waals surface area contributed by atoms with Crippen LogP contribution in [0.4, 0.5) is 0 Å². The minimum atomic E-state index is 0.799. The molecule has 0 spiro atoms. The first-order valence-electron chi connectivity index (χ1n) is 4.88. The first-order chi connectivity index (χ1) is 6.77. The van der Waals surface area contributed by atoms with Gasteiger partial charge in [0.05, 0.1) is 11.4 Å². The molecule has 2 aliphatic heterocycles. The fourth-order valence-corrected chi connectivity index (χ4v) is 1.71. The normalized spacial score (nSPS) is 23.4. The van der Waals surface area contributed by atoms with Gasteiger partial charge < -0.3 is 26.4 Å². The molecule has 0 amide bonds. The van der Waals surface area contributed by atoms with Crippen LogP contribution in [-0.4, -0.2) is 43.0 Å². The Bertz CT molecular complexity index is 262. The summed E-state index contributed by atoms with van der Waals surface area (Å²) in [6.07, 6.45) is 3.70. The Morgan fingerprint density at radius 1 is 1.14 bits per heavy atom. The Hall–Kier alpha value is -1.36. The molecule has 5 nitrogen and oxygen atoms in total. The topological polar surface area (TPSA) is 56.6 Å². The lowest BCUT2D eigenvalue weighted by atomic mass is 10.2. The van der Waals surface area contributed by atoms with Gasteiger partial charge in [-0.25, -0.2) is 0 Å². The molecule has 0 radical (unpaired) electrons. The van der Waals surface area contributed by atoms with Gasteiger partial charge in [0.1, 0.15) is 0 Å². The van der Waals surface area contributed by atoms with Gasteiger partial charge in [-0.15, -0.1) is 0 Å². The summed E-state index contributed by atoms with van der Waals surface area (Å²) >= 11 is 0. The molecule has 1 saturated heterocycles. The zero-order valence-electron chi connectivity index (χ0n) is 8.45. The minimum Gasteiger partial charge on any atom is -0.396 e. The van der Waals surface area contributed by atoms with Gasteiger partial charge in [0.25, 0.3) is 0 Å². The van der Waals surface area contributed by atoms with E-state index in [4.69, 9.17) is 5.73 Å². The van der Waals surface area contributed by atoms with Gasteiger partial charge in [0.15, 0.2) is 0 Å². The third-order valence-corrected chi connectivity index (χ3v) is 2.66. The van der Waals surface area contributed by atoms with Gasteiger partial charge >= 0.3 is 0 Å². The number of likely N-dealkylation sites (N-methyl/N-ethyl adjacent to an activating group) is 1. The highest BCUT2D eigenvalue weighted by Gasteiger charge is 2.18. The maximum atomic E-state index is 5.88. The van der Waals surface area contributed by atoms with Crippen molar-refractivity contribution in [3.63, 3.8) is 0 Å². The summed E-state index contributed by atoms with van der Waals surface area (Å²) in [7, 11) is 2.14. The van der Waals surface area contributed by atoms with E-state index in [0.29, 0.717) is 0 Å². The number of rotatable bonds is 1. The molecule has 2 heterocycles. The third kappa shape index (κ3) is 1.77. The van der Waals surface area contributed by atoms with Crippen molar-refractivity contribution in [1.82, 2.24) is 20.7 Å². The highest BCUT2D eigenvalue weighted by Crippen LogP contribution is 2.13. The van der Waals surface area contributed by atoms with Crippen LogP contribution in [0.1, 0.15) is 0 Å². The molecule has 0 atom stereocenters. The summed E-state index contributed by atoms with van der Waals surface area (Å²) in [5, 5.41) is 0. The summed E-state index contributed by atoms with van der Waals surface area (Å²) in [5.41, 5.74) is 13.6. The fraction of sp³-hybridized carbons (Fsp3) is 0.556. The molecule has 14 heavy (non-hydrogen) atoms. The molecule has 0 aromatic rings. The number of nitrogens with one attached hydrogen (secondary N) is 2. The molecule has 5 heteroatoms. The monoisotopic (exact) mass is 195 g/mol. The van der Waals surface area contributed by atoms with E-state index in [2.05, 4.69) is 27.7 Å². The van der Waals surface area contributed by atoms with E-state index in [1.54, 1.807) is 6.20 Å². The number of hydrogen-bond donors (Lipinski definition) is 3. The Balaban J connectivity index is 2.01. The van der Waals surface area contributed by atoms with Crippen LogP contribution in [0.2, 0.25) is 0 Å². The van der Waals surface area contributed by atoms with Gasteiger partial charge in [-0.2, -0.15) is 0 Å². The zero-order chi connectivity index (χ0) is 9.97. The van der Waals surface area contributed by atoms with Crippen molar-refractivity contribution in [2.75, 3.05) is 33.2 Å². The van der Waals surface area contributed by atoms with Crippen molar-refractivity contribution >= 4 is 0 Å². The van der Waals surface area contributed by atoms with Crippen LogP contribution in [-0.2, 0) is 0 Å². The summed E-state index contributed by atoms with van der Waals surface area (Å²) in [6, 6.07) is 0. The van der Waals surface area contributed by atoms with Gasteiger partial charge in [-0.3, -0.25) is 0 Å². The molecule has 2 aliphatic rings. The third-order valence-electron chi connectivity index (χ3n) is 2.66. The summed E-state index contributed by atoms with van der Waals surface area (Å²) in [6.45, 7) is 4.27. The molecule has 78 valence electrons. The average molecular weight is 195 g/mol. The van der Waals surface area contributed by atoms with E-state index in [0.717, 1.165) is 37.6 Å². The summed E-state index contributed by atoms with van der Waals surface area (Å²) < 4.78 is 0. The van der Waals surface area contributed by atoms with Gasteiger partial charge in [-0.05, 0) is 7.05 Å². The second-order valence-electron chi connectivity index (χ2n) is 3.71. The number of piperazine rings is 1. The van der Waals surface area contributed by atoms with Crippen LogP contribution in [0.25, 0.3) is 0 Å². The van der Waals surface area contributed by atoms with Crippen LogP contribution >= 0.6 is 0 Å². The SMILES string of the molecule is CN1CCN(C2=CNNC=C2N)CC1. The van der Waals surface area contributed by atoms with E-state index in [-0.39, 0.29) is 0 Å². The molecular formula is C9H17N5. The molecule has 0 aromatic carbocycles. The second-order valence-corrected chi connectivity index (χ2v) is 3.71. The molecule has 0 aromatic heterocycles. The molecular weight excluding hydrogens is 178 g/mol. The number of nitrogens with zero attached hydrogens (tertiary/aromatic N) is 2. The van der Waals surface area contributed by atoms with E-state index in [9.17, 15) is 0 Å². The predicted octanol–water partition coefficient (Wildman–Crippen LogP) is -1.02. The Morgan fingerprint density at radius 2 is 1.79 bits per heavy atom. The van der Waals surface area contributed by atoms with Crippen LogP contribution < -0.4 is 16.6 Å². The van der Waals surface area contributed by atoms with Gasteiger partial charge in [-0.1, -0.05) is 0 Å². The Labute approximate surface area is 84.2 Å². The van der Waals surface area contributed by atoms with E-state index < -0.39 is 0 Å². The lowest BCUT2D eigenvalue weighted by molar-refractivity contribution is 0.187. The van der Waals surface area contributed by atoms with Crippen molar-refractivity contribution in [3.8, 4) is 0 Å². The molecule has 4 N–H and O–H groups in total. The highest BCUT2D eigenvalue weighted by atomic mass is 15.4. The maximum Gasteiger partial charge on any atom is 0.0795 e. The number of nitrogens with two attached hydrogens (primary N) is 1. The second kappa shape index (κ2) is 3.79. The van der Waals surface area contributed by atoms with Crippen molar-refractivity contribution in [3.05, 3.63) is 23.8 Å². The predicted molar refractivity (Wildman–Crippen MR) is 55.7 cm³/mol. The lowest BCUT2D eigenvalue weighted by Crippen LogP contribution is -2.46. The first-order valence-corrected chi connectivity index (χ1v) is 4.88.